The molecule has 148 valence electrons. The second kappa shape index (κ2) is 8.90. The van der Waals surface area contributed by atoms with E-state index in [1.54, 1.807) is 24.1 Å². The zero-order valence-corrected chi connectivity index (χ0v) is 17.6. The molecule has 1 aromatic carbocycles. The lowest BCUT2D eigenvalue weighted by atomic mass is 10.3. The van der Waals surface area contributed by atoms with Crippen LogP contribution in [0.25, 0.3) is 0 Å². The lowest BCUT2D eigenvalue weighted by Crippen LogP contribution is -2.26. The molecule has 2 aromatic heterocycles. The number of amides is 1. The molecule has 1 amide bonds. The number of nitrogens with zero attached hydrogens (tertiary/aromatic N) is 3. The summed E-state index contributed by atoms with van der Waals surface area (Å²) < 4.78 is 13.0. The van der Waals surface area contributed by atoms with E-state index >= 15 is 0 Å². The van der Waals surface area contributed by atoms with Gasteiger partial charge >= 0.3 is 0 Å². The minimum atomic E-state index is -0.250. The molecular weight excluding hydrogens is 425 g/mol. The molecule has 2 heterocycles. The van der Waals surface area contributed by atoms with Crippen LogP contribution in [0.1, 0.15) is 28.9 Å². The molecule has 0 unspecified atom stereocenters. The SMILES string of the molecule is CCn1ccc(CN(C)C(=O)c2ccc(COc3c(Cl)cc(Cl)cc3Cl)o2)n1. The third-order valence-electron chi connectivity index (χ3n) is 3.96. The van der Waals surface area contributed by atoms with Crippen LogP contribution in [0.15, 0.2) is 40.9 Å². The first-order chi connectivity index (χ1) is 13.4. The van der Waals surface area contributed by atoms with Gasteiger partial charge in [0.1, 0.15) is 12.4 Å². The zero-order valence-electron chi connectivity index (χ0n) is 15.3. The molecular formula is C19H18Cl3N3O3. The number of benzene rings is 1. The highest BCUT2D eigenvalue weighted by Gasteiger charge is 2.18. The smallest absolute Gasteiger partial charge is 0.289 e. The minimum absolute atomic E-state index is 0.0684. The Labute approximate surface area is 177 Å². The van der Waals surface area contributed by atoms with Gasteiger partial charge in [-0.3, -0.25) is 9.48 Å². The van der Waals surface area contributed by atoms with Crippen LogP contribution in [0, 0.1) is 0 Å². The third-order valence-corrected chi connectivity index (χ3v) is 4.74. The summed E-state index contributed by atoms with van der Waals surface area (Å²) in [5.41, 5.74) is 0.805. The van der Waals surface area contributed by atoms with Gasteiger partial charge in [-0.15, -0.1) is 0 Å². The van der Waals surface area contributed by atoms with E-state index in [0.29, 0.717) is 33.1 Å². The van der Waals surface area contributed by atoms with Crippen LogP contribution in [0.4, 0.5) is 0 Å². The number of aromatic nitrogens is 2. The van der Waals surface area contributed by atoms with Crippen molar-refractivity contribution < 1.29 is 13.9 Å². The summed E-state index contributed by atoms with van der Waals surface area (Å²) in [6.45, 7) is 3.23. The Morgan fingerprint density at radius 3 is 2.57 bits per heavy atom. The van der Waals surface area contributed by atoms with Crippen molar-refractivity contribution in [3.63, 3.8) is 0 Å². The summed E-state index contributed by atoms with van der Waals surface area (Å²) in [6, 6.07) is 8.23. The standard InChI is InChI=1S/C19H18Cl3N3O3/c1-3-25-7-6-13(23-25)10-24(2)19(26)17-5-4-14(28-17)11-27-18-15(21)8-12(20)9-16(18)22/h4-9H,3,10-11H2,1-2H3. The summed E-state index contributed by atoms with van der Waals surface area (Å²) in [6.07, 6.45) is 1.88. The van der Waals surface area contributed by atoms with Gasteiger partial charge in [-0.05, 0) is 37.3 Å². The average molecular weight is 443 g/mol. The van der Waals surface area contributed by atoms with Crippen molar-refractivity contribution in [2.75, 3.05) is 7.05 Å². The van der Waals surface area contributed by atoms with E-state index in [9.17, 15) is 4.79 Å². The molecule has 0 aliphatic carbocycles. The van der Waals surface area contributed by atoms with Gasteiger partial charge in [-0.2, -0.15) is 5.10 Å². The molecule has 3 aromatic rings. The monoisotopic (exact) mass is 441 g/mol. The first-order valence-corrected chi connectivity index (χ1v) is 9.64. The summed E-state index contributed by atoms with van der Waals surface area (Å²) in [5, 5.41) is 5.39. The molecule has 0 fully saturated rings. The van der Waals surface area contributed by atoms with Gasteiger partial charge in [0.25, 0.3) is 5.91 Å². The Balaban J connectivity index is 1.62. The maximum Gasteiger partial charge on any atom is 0.289 e. The lowest BCUT2D eigenvalue weighted by Gasteiger charge is -2.14. The van der Waals surface area contributed by atoms with Crippen molar-refractivity contribution in [3.05, 3.63) is 68.8 Å². The van der Waals surface area contributed by atoms with Gasteiger partial charge in [-0.25, -0.2) is 0 Å². The lowest BCUT2D eigenvalue weighted by molar-refractivity contribution is 0.0747. The van der Waals surface area contributed by atoms with Gasteiger partial charge in [0.05, 0.1) is 22.3 Å². The molecule has 0 radical (unpaired) electrons. The molecule has 0 saturated heterocycles. The fourth-order valence-corrected chi connectivity index (χ4v) is 3.47. The molecule has 0 spiro atoms. The van der Waals surface area contributed by atoms with Gasteiger partial charge in [0.2, 0.25) is 0 Å². The van der Waals surface area contributed by atoms with E-state index in [1.165, 1.54) is 12.1 Å². The Morgan fingerprint density at radius 2 is 1.93 bits per heavy atom. The first-order valence-electron chi connectivity index (χ1n) is 8.51. The van der Waals surface area contributed by atoms with Crippen LogP contribution in [-0.2, 0) is 19.7 Å². The van der Waals surface area contributed by atoms with E-state index in [4.69, 9.17) is 44.0 Å². The molecule has 0 aliphatic heterocycles. The predicted molar refractivity (Wildman–Crippen MR) is 108 cm³/mol. The molecule has 6 nitrogen and oxygen atoms in total. The first kappa shape index (κ1) is 20.6. The van der Waals surface area contributed by atoms with Crippen LogP contribution in [0.2, 0.25) is 15.1 Å². The van der Waals surface area contributed by atoms with Crippen molar-refractivity contribution in [2.24, 2.45) is 0 Å². The number of furan rings is 1. The molecule has 9 heteroatoms. The zero-order chi connectivity index (χ0) is 20.3. The normalized spacial score (nSPS) is 10.9. The average Bonchev–Trinajstić information content (AvgIpc) is 3.29. The second-order valence-corrected chi connectivity index (χ2v) is 7.33. The highest BCUT2D eigenvalue weighted by atomic mass is 35.5. The quantitative estimate of drug-likeness (QED) is 0.498. The number of rotatable bonds is 7. The predicted octanol–water partition coefficient (Wildman–Crippen LogP) is 5.31. The number of hydrogen-bond donors (Lipinski definition) is 0. The van der Waals surface area contributed by atoms with Gasteiger partial charge in [0.15, 0.2) is 11.5 Å². The number of aryl methyl sites for hydroxylation is 1. The van der Waals surface area contributed by atoms with Gasteiger partial charge in [-0.1, -0.05) is 34.8 Å². The van der Waals surface area contributed by atoms with E-state index in [1.807, 2.05) is 23.9 Å². The number of halogens is 3. The van der Waals surface area contributed by atoms with Crippen LogP contribution >= 0.6 is 34.8 Å². The van der Waals surface area contributed by atoms with Crippen molar-refractivity contribution in [3.8, 4) is 5.75 Å². The number of ether oxygens (including phenoxy) is 1. The maximum absolute atomic E-state index is 12.6. The summed E-state index contributed by atoms with van der Waals surface area (Å²) in [4.78, 5) is 14.1. The number of hydrogen-bond acceptors (Lipinski definition) is 4. The second-order valence-electron chi connectivity index (χ2n) is 6.08. The third kappa shape index (κ3) is 4.82. The highest BCUT2D eigenvalue weighted by molar-refractivity contribution is 6.40. The summed E-state index contributed by atoms with van der Waals surface area (Å²) >= 11 is 18.1. The molecule has 0 saturated carbocycles. The van der Waals surface area contributed by atoms with Crippen LogP contribution in [-0.4, -0.2) is 27.6 Å². The fourth-order valence-electron chi connectivity index (χ4n) is 2.55. The molecule has 0 N–H and O–H groups in total. The van der Waals surface area contributed by atoms with E-state index in [-0.39, 0.29) is 18.3 Å². The van der Waals surface area contributed by atoms with Gasteiger partial charge in [0, 0.05) is 24.8 Å². The molecule has 0 bridgehead atoms. The van der Waals surface area contributed by atoms with Gasteiger partial charge < -0.3 is 14.1 Å². The highest BCUT2D eigenvalue weighted by Crippen LogP contribution is 2.36. The number of carbonyl (C=O) groups excluding carboxylic acids is 1. The summed E-state index contributed by atoms with van der Waals surface area (Å²) in [5.74, 6) is 0.735. The summed E-state index contributed by atoms with van der Waals surface area (Å²) in [7, 11) is 1.69. The number of carbonyl (C=O) groups is 1. The van der Waals surface area contributed by atoms with Crippen LogP contribution < -0.4 is 4.74 Å². The molecule has 0 aliphatic rings. The van der Waals surface area contributed by atoms with E-state index in [2.05, 4.69) is 5.10 Å². The molecule has 0 atom stereocenters. The topological polar surface area (TPSA) is 60.5 Å². The van der Waals surface area contributed by atoms with E-state index in [0.717, 1.165) is 12.2 Å². The van der Waals surface area contributed by atoms with Crippen molar-refractivity contribution in [2.45, 2.75) is 26.6 Å². The maximum atomic E-state index is 12.6. The Hall–Kier alpha value is -2.15. The largest absolute Gasteiger partial charge is 0.483 e. The van der Waals surface area contributed by atoms with Crippen LogP contribution in [0.5, 0.6) is 5.75 Å². The van der Waals surface area contributed by atoms with Crippen molar-refractivity contribution in [1.82, 2.24) is 14.7 Å². The molecule has 28 heavy (non-hydrogen) atoms. The Kier molecular flexibility index (Phi) is 6.54. The van der Waals surface area contributed by atoms with E-state index < -0.39 is 0 Å². The minimum Gasteiger partial charge on any atom is -0.483 e. The fraction of sp³-hybridized carbons (Fsp3) is 0.263. The molecule has 3 rings (SSSR count). The van der Waals surface area contributed by atoms with Crippen LogP contribution in [0.3, 0.4) is 0 Å². The van der Waals surface area contributed by atoms with Crippen molar-refractivity contribution in [1.29, 1.82) is 0 Å². The van der Waals surface area contributed by atoms with Crippen molar-refractivity contribution >= 4 is 40.7 Å². The Bertz CT molecular complexity index is 961. The Morgan fingerprint density at radius 1 is 1.21 bits per heavy atom.